The molecule has 24 heteroatoms. The molecule has 1 unspecified atom stereocenters. The second kappa shape index (κ2) is 18.8. The van der Waals surface area contributed by atoms with Crippen molar-refractivity contribution in [3.05, 3.63) is 87.3 Å². The van der Waals surface area contributed by atoms with Crippen LogP contribution in [-0.4, -0.2) is 85.8 Å². The van der Waals surface area contributed by atoms with Gasteiger partial charge in [0, 0.05) is 42.9 Å². The molecule has 2 aromatic carbocycles. The van der Waals surface area contributed by atoms with Gasteiger partial charge in [0.2, 0.25) is 11.7 Å². The molecule has 0 radical (unpaired) electrons. The summed E-state index contributed by atoms with van der Waals surface area (Å²) in [7, 11) is -3.78. The smallest absolute Gasteiger partial charge is 0.290 e. The van der Waals surface area contributed by atoms with Crippen molar-refractivity contribution >= 4 is 61.1 Å². The lowest BCUT2D eigenvalue weighted by Crippen LogP contribution is -2.46. The monoisotopic (exact) mass is 1010 g/mol. The van der Waals surface area contributed by atoms with Crippen LogP contribution in [0.4, 0.5) is 49.7 Å². The molecule has 2 aromatic heterocycles. The van der Waals surface area contributed by atoms with Gasteiger partial charge < -0.3 is 15.6 Å². The number of aromatic nitrogens is 3. The van der Waals surface area contributed by atoms with Crippen molar-refractivity contribution < 1.29 is 61.7 Å². The first kappa shape index (κ1) is 49.8. The number of anilines is 1. The fourth-order valence-electron chi connectivity index (χ4n) is 7.55. The Bertz CT molecular complexity index is 2820. The predicted octanol–water partition coefficient (Wildman–Crippen LogP) is 8.62. The number of nitrogens with two attached hydrogens (primary N) is 1. The molecule has 2 atom stereocenters. The highest BCUT2D eigenvalue weighted by Gasteiger charge is 2.55. The molecule has 1 amide bonds. The first-order valence-electron chi connectivity index (χ1n) is 20.6. The van der Waals surface area contributed by atoms with Gasteiger partial charge in [-0.3, -0.25) is 14.5 Å². The normalized spacial score (nSPS) is 19.6. The van der Waals surface area contributed by atoms with Crippen molar-refractivity contribution in [2.45, 2.75) is 111 Å². The van der Waals surface area contributed by atoms with E-state index in [-0.39, 0.29) is 55.1 Å². The highest BCUT2D eigenvalue weighted by atomic mass is 35.5. The van der Waals surface area contributed by atoms with Gasteiger partial charge in [-0.15, -0.1) is 5.10 Å². The number of allylic oxidation sites excluding steroid dienone is 2. The number of fused-ring (bicyclic) bond motifs is 1. The number of amides is 1. The average molecular weight is 1010 g/mol. The van der Waals surface area contributed by atoms with Crippen LogP contribution in [0.25, 0.3) is 22.0 Å². The van der Waals surface area contributed by atoms with E-state index in [1.165, 1.54) is 38.1 Å². The fourth-order valence-corrected chi connectivity index (χ4v) is 10.6. The molecule has 0 bridgehead atoms. The van der Waals surface area contributed by atoms with Crippen LogP contribution >= 0.6 is 11.6 Å². The molecular formula is C43H40ClF10N7O4S2. The Kier molecular flexibility index (Phi) is 14.0. The predicted molar refractivity (Wildman–Crippen MR) is 231 cm³/mol. The number of alkyl halides is 8. The van der Waals surface area contributed by atoms with Gasteiger partial charge in [0.1, 0.15) is 46.1 Å². The van der Waals surface area contributed by atoms with Gasteiger partial charge in [0.25, 0.3) is 24.7 Å². The van der Waals surface area contributed by atoms with Crippen molar-refractivity contribution in [1.82, 2.24) is 20.1 Å². The summed E-state index contributed by atoms with van der Waals surface area (Å²) in [5, 5.41) is 5.84. The van der Waals surface area contributed by atoms with Gasteiger partial charge in [-0.05, 0) is 74.9 Å². The Balaban J connectivity index is 1.42. The molecule has 3 aliphatic carbocycles. The number of hydrogen-bond donors (Lipinski definition) is 3. The number of aliphatic imine (C=N–C) groups is 1. The van der Waals surface area contributed by atoms with E-state index >= 15 is 8.78 Å². The highest BCUT2D eigenvalue weighted by molar-refractivity contribution is 7.94. The zero-order valence-corrected chi connectivity index (χ0v) is 37.7. The lowest BCUT2D eigenvalue weighted by Gasteiger charge is -2.33. The summed E-state index contributed by atoms with van der Waals surface area (Å²) in [6.45, 7) is 0.307. The lowest BCUT2D eigenvalue weighted by atomic mass is 9.84. The molecule has 0 saturated heterocycles. The maximum Gasteiger partial charge on any atom is 0.290 e. The number of halogens is 11. The van der Waals surface area contributed by atoms with E-state index in [0.29, 0.717) is 31.7 Å². The third-order valence-corrected chi connectivity index (χ3v) is 15.9. The summed E-state index contributed by atoms with van der Waals surface area (Å²) < 4.78 is 187. The van der Waals surface area contributed by atoms with Crippen molar-refractivity contribution in [1.29, 1.82) is 0 Å². The number of carbonyl (C=O) groups is 1. The topological polar surface area (TPSA) is 167 Å². The zero-order valence-electron chi connectivity index (χ0n) is 35.3. The number of sulfone groups is 1. The number of carbonyl (C=O) groups excluding carboxylic acids is 1. The summed E-state index contributed by atoms with van der Waals surface area (Å²) in [6.07, 6.45) is -8.42. The molecule has 0 spiro atoms. The molecule has 4 aromatic rings. The van der Waals surface area contributed by atoms with Crippen LogP contribution in [0.5, 0.6) is 0 Å². The number of rotatable bonds is 15. The third-order valence-electron chi connectivity index (χ3n) is 11.2. The van der Waals surface area contributed by atoms with Crippen LogP contribution in [0, 0.1) is 23.5 Å². The molecule has 67 heavy (non-hydrogen) atoms. The number of pyridine rings is 1. The van der Waals surface area contributed by atoms with Gasteiger partial charge in [-0.1, -0.05) is 23.6 Å². The minimum absolute atomic E-state index is 0.0239. The second-order valence-corrected chi connectivity index (χ2v) is 21.4. The molecule has 3 fully saturated rings. The molecule has 11 nitrogen and oxygen atoms in total. The first-order valence-corrected chi connectivity index (χ1v) is 23.7. The van der Waals surface area contributed by atoms with Gasteiger partial charge in [-0.25, -0.2) is 48.5 Å². The third kappa shape index (κ3) is 10.8. The summed E-state index contributed by atoms with van der Waals surface area (Å²) >= 11 is 4.95. The number of hydrogen-bond acceptors (Lipinski definition) is 9. The standard InChI is InChI=1S/C43H40ClF10N7O4S2/c1-41(2,67(64,65)26-6-7-26)12-11-24-3-8-27(28-9-10-29(44)33-37(28)61(20-31(47)48)59-40(33)60-66(63)25-4-5-25)36(57-24)30(17-21-15-22(45)18-23(46)16-21)58-32(62)19-56-38-34(35(55)39(49)50)42(51,52)13-14-43(38,53)54/h3,8-10,15-16,18,25-26,30-31,39H,4-7,13-14,17,19-20,55H2,1-2H3,(H,58,62)(H,59,60)/t30-,66?/m0/s1. The molecule has 2 heterocycles. The van der Waals surface area contributed by atoms with E-state index in [1.807, 2.05) is 0 Å². The minimum atomic E-state index is -4.29. The maximum atomic E-state index is 15.2. The van der Waals surface area contributed by atoms with Crippen LogP contribution in [0.15, 0.2) is 58.7 Å². The van der Waals surface area contributed by atoms with E-state index in [2.05, 4.69) is 37.0 Å². The largest absolute Gasteiger partial charge is 0.593 e. The lowest BCUT2D eigenvalue weighted by molar-refractivity contribution is -0.120. The molecule has 3 aliphatic rings. The first-order chi connectivity index (χ1) is 31.3. The summed E-state index contributed by atoms with van der Waals surface area (Å²) in [5.74, 6) is -6.75. The Labute approximate surface area is 385 Å². The summed E-state index contributed by atoms with van der Waals surface area (Å²) in [6, 6.07) is 6.05. The quantitative estimate of drug-likeness (QED) is 0.0605. The second-order valence-electron chi connectivity index (χ2n) is 16.8. The van der Waals surface area contributed by atoms with Gasteiger partial charge in [0.15, 0.2) is 9.84 Å². The van der Waals surface area contributed by atoms with E-state index in [9.17, 15) is 52.9 Å². The maximum absolute atomic E-state index is 15.2. The Morgan fingerprint density at radius 2 is 1.66 bits per heavy atom. The van der Waals surface area contributed by atoms with Crippen molar-refractivity contribution in [3.63, 3.8) is 0 Å². The van der Waals surface area contributed by atoms with Gasteiger partial charge in [-0.2, -0.15) is 13.5 Å². The van der Waals surface area contributed by atoms with Crippen molar-refractivity contribution in [3.8, 4) is 23.0 Å². The van der Waals surface area contributed by atoms with Crippen molar-refractivity contribution in [2.75, 3.05) is 11.3 Å². The molecule has 7 rings (SSSR count). The van der Waals surface area contributed by atoms with E-state index < -0.39 is 129 Å². The SMILES string of the molecule is CC(C)(C#Cc1ccc(-c2ccc(Cl)c3c(N[S+]([O-])C4CC4)nn(CC(F)F)c23)c([C@H](Cc2cc(F)cc(F)c2)NC(=O)CN=C2C(=C(N)C(F)F)C(F)(F)CCC2(F)F)n1)S(=O)(=O)C1CC1. The van der Waals surface area contributed by atoms with Crippen LogP contribution < -0.4 is 15.8 Å². The average Bonchev–Trinajstić information content (AvgIpc) is 4.17. The molecule has 0 aliphatic heterocycles. The van der Waals surface area contributed by atoms with Crippen LogP contribution in [-0.2, 0) is 39.0 Å². The van der Waals surface area contributed by atoms with Gasteiger partial charge >= 0.3 is 0 Å². The number of nitrogens with zero attached hydrogens (tertiary/aromatic N) is 4. The summed E-state index contributed by atoms with van der Waals surface area (Å²) in [4.78, 5) is 21.9. The van der Waals surface area contributed by atoms with E-state index in [4.69, 9.17) is 17.3 Å². The Morgan fingerprint density at radius 3 is 2.27 bits per heavy atom. The molecule has 360 valence electrons. The minimum Gasteiger partial charge on any atom is -0.593 e. The summed E-state index contributed by atoms with van der Waals surface area (Å²) in [5.41, 5.74) is -1.12. The number of benzene rings is 2. The van der Waals surface area contributed by atoms with E-state index in [1.54, 1.807) is 0 Å². The van der Waals surface area contributed by atoms with Crippen LogP contribution in [0.3, 0.4) is 0 Å². The van der Waals surface area contributed by atoms with Crippen molar-refractivity contribution in [2.24, 2.45) is 10.7 Å². The highest BCUT2D eigenvalue weighted by Crippen LogP contribution is 2.46. The van der Waals surface area contributed by atoms with Crippen LogP contribution in [0.1, 0.15) is 75.4 Å². The van der Waals surface area contributed by atoms with Crippen LogP contribution in [0.2, 0.25) is 5.02 Å². The van der Waals surface area contributed by atoms with Gasteiger partial charge in [0.05, 0.1) is 55.5 Å². The number of nitrogens with one attached hydrogen (secondary N) is 2. The van der Waals surface area contributed by atoms with E-state index in [0.717, 1.165) is 16.8 Å². The Morgan fingerprint density at radius 1 is 1.01 bits per heavy atom. The molecule has 3 saturated carbocycles. The molecular weight excluding hydrogens is 968 g/mol. The fraction of sp³-hybridized carbons (Fsp3) is 0.442. The Hall–Kier alpha value is -5.05. The molecule has 4 N–H and O–H groups in total. The zero-order chi connectivity index (χ0) is 49.0.